The average Bonchev–Trinajstić information content (AvgIpc) is 2.71. The van der Waals surface area contributed by atoms with Crippen LogP contribution in [-0.2, 0) is 0 Å². The van der Waals surface area contributed by atoms with E-state index in [-0.39, 0.29) is 0 Å². The monoisotopic (exact) mass is 212 g/mol. The molecule has 0 radical (unpaired) electrons. The van der Waals surface area contributed by atoms with Crippen LogP contribution in [-0.4, -0.2) is 6.61 Å². The molecule has 1 aromatic rings. The first-order valence-corrected chi connectivity index (χ1v) is 6.41. The fourth-order valence-electron chi connectivity index (χ4n) is 1.44. The number of rotatable bonds is 7. The maximum absolute atomic E-state index is 5.71. The predicted molar refractivity (Wildman–Crippen MR) is 63.1 cm³/mol. The highest BCUT2D eigenvalue weighted by atomic mass is 32.1. The summed E-state index contributed by atoms with van der Waals surface area (Å²) in [5.41, 5.74) is 0. The molecule has 1 heterocycles. The van der Waals surface area contributed by atoms with Crippen molar-refractivity contribution < 1.29 is 4.74 Å². The largest absolute Gasteiger partial charge is 0.484 e. The second-order valence-electron chi connectivity index (χ2n) is 3.66. The van der Waals surface area contributed by atoms with Gasteiger partial charge in [-0.25, -0.2) is 0 Å². The van der Waals surface area contributed by atoms with Crippen molar-refractivity contribution in [3.05, 3.63) is 17.5 Å². The van der Waals surface area contributed by atoms with Crippen LogP contribution in [0.25, 0.3) is 0 Å². The van der Waals surface area contributed by atoms with Gasteiger partial charge in [0.15, 0.2) is 5.06 Å². The first kappa shape index (κ1) is 11.6. The van der Waals surface area contributed by atoms with Crippen LogP contribution in [0.15, 0.2) is 17.5 Å². The normalized spacial score (nSPS) is 12.7. The van der Waals surface area contributed by atoms with Gasteiger partial charge in [-0.2, -0.15) is 0 Å². The summed E-state index contributed by atoms with van der Waals surface area (Å²) in [6.45, 7) is 5.38. The molecule has 1 atom stereocenters. The van der Waals surface area contributed by atoms with Crippen molar-refractivity contribution in [2.45, 2.75) is 39.5 Å². The fourth-order valence-corrected chi connectivity index (χ4v) is 2.03. The molecule has 0 aliphatic rings. The molecule has 0 amide bonds. The number of thiophene rings is 1. The van der Waals surface area contributed by atoms with Crippen molar-refractivity contribution >= 4 is 11.3 Å². The van der Waals surface area contributed by atoms with Crippen LogP contribution in [0.1, 0.15) is 39.5 Å². The molecule has 0 aromatic carbocycles. The van der Waals surface area contributed by atoms with E-state index < -0.39 is 0 Å². The van der Waals surface area contributed by atoms with Crippen LogP contribution >= 0.6 is 11.3 Å². The first-order chi connectivity index (χ1) is 6.86. The number of hydrogen-bond acceptors (Lipinski definition) is 2. The Hall–Kier alpha value is -0.500. The van der Waals surface area contributed by atoms with Crippen molar-refractivity contribution in [2.24, 2.45) is 5.92 Å². The van der Waals surface area contributed by atoms with E-state index in [1.807, 2.05) is 12.1 Å². The maximum atomic E-state index is 5.71. The second kappa shape index (κ2) is 6.88. The van der Waals surface area contributed by atoms with E-state index in [0.29, 0.717) is 0 Å². The molecule has 0 aliphatic carbocycles. The van der Waals surface area contributed by atoms with E-state index >= 15 is 0 Å². The van der Waals surface area contributed by atoms with Crippen LogP contribution in [0.2, 0.25) is 0 Å². The Morgan fingerprint density at radius 2 is 2.29 bits per heavy atom. The molecule has 1 unspecified atom stereocenters. The van der Waals surface area contributed by atoms with Crippen molar-refractivity contribution in [3.8, 4) is 5.06 Å². The fraction of sp³-hybridized carbons (Fsp3) is 0.667. The minimum absolute atomic E-state index is 0.733. The summed E-state index contributed by atoms with van der Waals surface area (Å²) < 4.78 is 5.71. The van der Waals surface area contributed by atoms with Crippen molar-refractivity contribution in [1.29, 1.82) is 0 Å². The third-order valence-corrected chi connectivity index (χ3v) is 3.28. The minimum atomic E-state index is 0.733. The summed E-state index contributed by atoms with van der Waals surface area (Å²) in [4.78, 5) is 0. The molecular weight excluding hydrogens is 192 g/mol. The lowest BCUT2D eigenvalue weighted by Gasteiger charge is -2.14. The van der Waals surface area contributed by atoms with Gasteiger partial charge in [0.25, 0.3) is 0 Å². The van der Waals surface area contributed by atoms with Crippen molar-refractivity contribution in [2.75, 3.05) is 6.61 Å². The molecule has 0 saturated heterocycles. The highest BCUT2D eigenvalue weighted by Crippen LogP contribution is 2.21. The van der Waals surface area contributed by atoms with Crippen LogP contribution in [0.3, 0.4) is 0 Å². The summed E-state index contributed by atoms with van der Waals surface area (Å²) in [5, 5.41) is 3.11. The van der Waals surface area contributed by atoms with E-state index in [2.05, 4.69) is 19.2 Å². The van der Waals surface area contributed by atoms with Gasteiger partial charge in [0.05, 0.1) is 6.61 Å². The molecule has 1 aromatic heterocycles. The number of hydrogen-bond donors (Lipinski definition) is 0. The molecule has 0 N–H and O–H groups in total. The maximum Gasteiger partial charge on any atom is 0.173 e. The highest BCUT2D eigenvalue weighted by Gasteiger charge is 2.06. The standard InChI is InChI=1S/C12H20OS/c1-3-5-7-11(4-2)10-13-12-8-6-9-14-12/h6,8-9,11H,3-5,7,10H2,1-2H3. The quantitative estimate of drug-likeness (QED) is 0.653. The average molecular weight is 212 g/mol. The molecule has 2 heteroatoms. The molecular formula is C12H20OS. The zero-order valence-corrected chi connectivity index (χ0v) is 9.98. The van der Waals surface area contributed by atoms with Gasteiger partial charge in [-0.1, -0.05) is 33.1 Å². The topological polar surface area (TPSA) is 9.23 Å². The second-order valence-corrected chi connectivity index (χ2v) is 4.57. The van der Waals surface area contributed by atoms with Gasteiger partial charge in [0.2, 0.25) is 0 Å². The van der Waals surface area contributed by atoms with E-state index in [0.717, 1.165) is 17.6 Å². The molecule has 0 fully saturated rings. The Labute approximate surface area is 91.1 Å². The van der Waals surface area contributed by atoms with Crippen LogP contribution in [0.5, 0.6) is 5.06 Å². The van der Waals surface area contributed by atoms with Crippen LogP contribution in [0.4, 0.5) is 0 Å². The minimum Gasteiger partial charge on any atom is -0.484 e. The Balaban J connectivity index is 2.20. The van der Waals surface area contributed by atoms with Gasteiger partial charge in [0, 0.05) is 0 Å². The lowest BCUT2D eigenvalue weighted by molar-refractivity contribution is 0.239. The Kier molecular flexibility index (Phi) is 5.69. The highest BCUT2D eigenvalue weighted by molar-refractivity contribution is 7.11. The molecule has 0 spiro atoms. The molecule has 0 aliphatic heterocycles. The summed E-state index contributed by atoms with van der Waals surface area (Å²) in [5.74, 6) is 0.733. The number of ether oxygens (including phenoxy) is 1. The lowest BCUT2D eigenvalue weighted by atomic mass is 10.0. The Morgan fingerprint density at radius 3 is 2.86 bits per heavy atom. The molecule has 0 bridgehead atoms. The zero-order chi connectivity index (χ0) is 10.2. The van der Waals surface area contributed by atoms with E-state index in [1.54, 1.807) is 11.3 Å². The third-order valence-electron chi connectivity index (χ3n) is 2.50. The van der Waals surface area contributed by atoms with Gasteiger partial charge in [0.1, 0.15) is 0 Å². The van der Waals surface area contributed by atoms with E-state index in [9.17, 15) is 0 Å². The smallest absolute Gasteiger partial charge is 0.173 e. The first-order valence-electron chi connectivity index (χ1n) is 5.53. The van der Waals surface area contributed by atoms with Gasteiger partial charge in [-0.05, 0) is 29.9 Å². The van der Waals surface area contributed by atoms with E-state index in [1.165, 1.54) is 25.7 Å². The third kappa shape index (κ3) is 4.14. The molecule has 1 rings (SSSR count). The molecule has 1 nitrogen and oxygen atoms in total. The van der Waals surface area contributed by atoms with Crippen LogP contribution in [0, 0.1) is 5.92 Å². The van der Waals surface area contributed by atoms with Gasteiger partial charge < -0.3 is 4.74 Å². The Bertz CT molecular complexity index is 218. The molecule has 14 heavy (non-hydrogen) atoms. The van der Waals surface area contributed by atoms with Gasteiger partial charge >= 0.3 is 0 Å². The molecule has 80 valence electrons. The Morgan fingerprint density at radius 1 is 1.43 bits per heavy atom. The number of unbranched alkanes of at least 4 members (excludes halogenated alkanes) is 1. The van der Waals surface area contributed by atoms with Gasteiger partial charge in [-0.15, -0.1) is 11.3 Å². The van der Waals surface area contributed by atoms with Crippen molar-refractivity contribution in [1.82, 2.24) is 0 Å². The summed E-state index contributed by atoms with van der Waals surface area (Å²) in [7, 11) is 0. The SMILES string of the molecule is CCCCC(CC)COc1cccs1. The van der Waals surface area contributed by atoms with Gasteiger partial charge in [-0.3, -0.25) is 0 Å². The van der Waals surface area contributed by atoms with Crippen LogP contribution < -0.4 is 4.74 Å². The molecule has 0 saturated carbocycles. The lowest BCUT2D eigenvalue weighted by Crippen LogP contribution is -2.10. The zero-order valence-electron chi connectivity index (χ0n) is 9.16. The predicted octanol–water partition coefficient (Wildman–Crippen LogP) is 4.34. The van der Waals surface area contributed by atoms with Crippen molar-refractivity contribution in [3.63, 3.8) is 0 Å². The summed E-state index contributed by atoms with van der Waals surface area (Å²) >= 11 is 1.68. The summed E-state index contributed by atoms with van der Waals surface area (Å²) in [6.07, 6.45) is 5.14. The van der Waals surface area contributed by atoms with E-state index in [4.69, 9.17) is 4.74 Å². The summed E-state index contributed by atoms with van der Waals surface area (Å²) in [6, 6.07) is 4.07.